The topological polar surface area (TPSA) is 91.0 Å². The van der Waals surface area contributed by atoms with Crippen molar-refractivity contribution in [3.8, 4) is 5.75 Å². The highest BCUT2D eigenvalue weighted by molar-refractivity contribution is 6.05. The maximum atomic E-state index is 12.9. The number of rotatable bonds is 9. The minimum absolute atomic E-state index is 0.168. The van der Waals surface area contributed by atoms with Gasteiger partial charge in [0.25, 0.3) is 5.91 Å². The number of fused-ring (bicyclic) bond motifs is 2. The minimum atomic E-state index is -0.608. The van der Waals surface area contributed by atoms with Gasteiger partial charge in [-0.1, -0.05) is 32.0 Å². The molecule has 36 heavy (non-hydrogen) atoms. The van der Waals surface area contributed by atoms with Crippen LogP contribution in [0.1, 0.15) is 60.2 Å². The van der Waals surface area contributed by atoms with Gasteiger partial charge < -0.3 is 15.0 Å². The first-order chi connectivity index (χ1) is 17.5. The third-order valence-electron chi connectivity index (χ3n) is 7.64. The molecule has 2 N–H and O–H groups in total. The zero-order valence-electron chi connectivity index (χ0n) is 21.0. The van der Waals surface area contributed by atoms with Gasteiger partial charge in [-0.15, -0.1) is 0 Å². The molecule has 8 heteroatoms. The molecule has 2 unspecified atom stereocenters. The highest BCUT2D eigenvalue weighted by atomic mass is 16.5. The van der Waals surface area contributed by atoms with Gasteiger partial charge in [0.1, 0.15) is 18.4 Å². The van der Waals surface area contributed by atoms with Crippen molar-refractivity contribution in [3.63, 3.8) is 0 Å². The van der Waals surface area contributed by atoms with Gasteiger partial charge in [-0.05, 0) is 60.7 Å². The van der Waals surface area contributed by atoms with Crippen LogP contribution in [0.3, 0.4) is 0 Å². The third kappa shape index (κ3) is 4.69. The summed E-state index contributed by atoms with van der Waals surface area (Å²) in [5.74, 6) is -0.119. The number of carbonyl (C=O) groups excluding carboxylic acids is 3. The minimum Gasteiger partial charge on any atom is -0.492 e. The fraction of sp³-hybridized carbons (Fsp3) is 0.464. The van der Waals surface area contributed by atoms with Crippen LogP contribution in [0.2, 0.25) is 0 Å². The van der Waals surface area contributed by atoms with Crippen molar-refractivity contribution in [1.82, 2.24) is 15.1 Å². The fourth-order valence-electron chi connectivity index (χ4n) is 5.58. The third-order valence-corrected chi connectivity index (χ3v) is 7.64. The van der Waals surface area contributed by atoms with Crippen LogP contribution in [0, 0.1) is 0 Å². The molecule has 3 aliphatic heterocycles. The second-order valence-electron chi connectivity index (χ2n) is 9.78. The lowest BCUT2D eigenvalue weighted by Crippen LogP contribution is -2.52. The number of imide groups is 1. The Morgan fingerprint density at radius 2 is 1.97 bits per heavy atom. The van der Waals surface area contributed by atoms with Gasteiger partial charge in [0.15, 0.2) is 0 Å². The summed E-state index contributed by atoms with van der Waals surface area (Å²) in [5.41, 5.74) is 5.46. The zero-order chi connectivity index (χ0) is 25.2. The van der Waals surface area contributed by atoms with E-state index in [0.29, 0.717) is 25.1 Å². The largest absolute Gasteiger partial charge is 0.492 e. The normalized spacial score (nSPS) is 19.7. The van der Waals surface area contributed by atoms with Gasteiger partial charge in [-0.25, -0.2) is 0 Å². The summed E-state index contributed by atoms with van der Waals surface area (Å²) in [6.45, 7) is 8.06. The number of hydrogen-bond acceptors (Lipinski definition) is 6. The molecule has 1 fully saturated rings. The molecular weight excluding hydrogens is 456 g/mol. The van der Waals surface area contributed by atoms with E-state index in [1.165, 1.54) is 16.8 Å². The first-order valence-corrected chi connectivity index (χ1v) is 13.0. The molecule has 3 aliphatic rings. The predicted molar refractivity (Wildman–Crippen MR) is 137 cm³/mol. The van der Waals surface area contributed by atoms with Crippen LogP contribution in [-0.2, 0) is 29.1 Å². The number of ether oxygens (including phenoxy) is 1. The molecule has 3 amide bonds. The van der Waals surface area contributed by atoms with E-state index in [2.05, 4.69) is 47.6 Å². The van der Waals surface area contributed by atoms with Crippen molar-refractivity contribution in [2.75, 3.05) is 25.0 Å². The smallest absolute Gasteiger partial charge is 0.255 e. The molecule has 8 nitrogen and oxygen atoms in total. The molecule has 1 saturated heterocycles. The monoisotopic (exact) mass is 490 g/mol. The van der Waals surface area contributed by atoms with Gasteiger partial charge in [-0.3, -0.25) is 24.6 Å². The molecule has 0 bridgehead atoms. The van der Waals surface area contributed by atoms with Crippen LogP contribution in [0.25, 0.3) is 0 Å². The molecule has 2 aromatic rings. The maximum Gasteiger partial charge on any atom is 0.255 e. The SMILES string of the molecule is CCC(COc1ccc2c(c1)CN(C1CCC(=O)NC1=O)C2=O)N(CC)Cc1cccc2c1NCC2. The van der Waals surface area contributed by atoms with Gasteiger partial charge >= 0.3 is 0 Å². The Labute approximate surface area is 212 Å². The Morgan fingerprint density at radius 3 is 2.75 bits per heavy atom. The summed E-state index contributed by atoms with van der Waals surface area (Å²) >= 11 is 0. The van der Waals surface area contributed by atoms with Crippen LogP contribution in [0.15, 0.2) is 36.4 Å². The molecule has 0 aromatic heterocycles. The Morgan fingerprint density at radius 1 is 1.11 bits per heavy atom. The predicted octanol–water partition coefficient (Wildman–Crippen LogP) is 3.10. The first kappa shape index (κ1) is 24.3. The Kier molecular flexibility index (Phi) is 6.96. The Hall–Kier alpha value is -3.39. The van der Waals surface area contributed by atoms with E-state index in [0.717, 1.165) is 43.8 Å². The molecule has 3 heterocycles. The summed E-state index contributed by atoms with van der Waals surface area (Å²) in [6, 6.07) is 11.7. The lowest BCUT2D eigenvalue weighted by atomic mass is 10.0. The van der Waals surface area contributed by atoms with E-state index in [-0.39, 0.29) is 24.3 Å². The second kappa shape index (κ2) is 10.3. The average Bonchev–Trinajstić information content (AvgIpc) is 3.48. The van der Waals surface area contributed by atoms with E-state index in [4.69, 9.17) is 4.74 Å². The van der Waals surface area contributed by atoms with Crippen molar-refractivity contribution in [2.24, 2.45) is 0 Å². The van der Waals surface area contributed by atoms with Crippen molar-refractivity contribution in [3.05, 3.63) is 58.7 Å². The van der Waals surface area contributed by atoms with E-state index in [9.17, 15) is 14.4 Å². The van der Waals surface area contributed by atoms with Crippen LogP contribution >= 0.6 is 0 Å². The summed E-state index contributed by atoms with van der Waals surface area (Å²) < 4.78 is 6.24. The number of para-hydroxylation sites is 1. The van der Waals surface area contributed by atoms with Crippen molar-refractivity contribution in [2.45, 2.75) is 64.7 Å². The first-order valence-electron chi connectivity index (χ1n) is 13.0. The second-order valence-corrected chi connectivity index (χ2v) is 9.78. The van der Waals surface area contributed by atoms with Crippen molar-refractivity contribution < 1.29 is 19.1 Å². The highest BCUT2D eigenvalue weighted by Crippen LogP contribution is 2.31. The fourth-order valence-corrected chi connectivity index (χ4v) is 5.58. The number of nitrogens with zero attached hydrogens (tertiary/aromatic N) is 2. The van der Waals surface area contributed by atoms with E-state index in [1.54, 1.807) is 11.0 Å². The van der Waals surface area contributed by atoms with Gasteiger partial charge in [-0.2, -0.15) is 0 Å². The number of likely N-dealkylation sites (N-methyl/N-ethyl adjacent to an activating group) is 1. The highest BCUT2D eigenvalue weighted by Gasteiger charge is 2.39. The van der Waals surface area contributed by atoms with Crippen LogP contribution in [0.5, 0.6) is 5.75 Å². The number of anilines is 1. The van der Waals surface area contributed by atoms with Crippen LogP contribution < -0.4 is 15.4 Å². The zero-order valence-corrected chi connectivity index (χ0v) is 21.0. The number of amides is 3. The van der Waals surface area contributed by atoms with Gasteiger partial charge in [0.05, 0.1) is 0 Å². The summed E-state index contributed by atoms with van der Waals surface area (Å²) in [6.07, 6.45) is 2.65. The molecule has 0 aliphatic carbocycles. The van der Waals surface area contributed by atoms with E-state index in [1.807, 2.05) is 12.1 Å². The van der Waals surface area contributed by atoms with Gasteiger partial charge in [0.2, 0.25) is 11.8 Å². The number of carbonyl (C=O) groups is 3. The number of hydrogen-bond donors (Lipinski definition) is 2. The lowest BCUT2D eigenvalue weighted by molar-refractivity contribution is -0.136. The quantitative estimate of drug-likeness (QED) is 0.525. The van der Waals surface area contributed by atoms with Crippen molar-refractivity contribution in [1.29, 1.82) is 0 Å². The molecular formula is C28H34N4O4. The molecule has 2 atom stereocenters. The van der Waals surface area contributed by atoms with Crippen LogP contribution in [-0.4, -0.2) is 59.3 Å². The molecule has 2 aromatic carbocycles. The number of nitrogens with one attached hydrogen (secondary N) is 2. The summed E-state index contributed by atoms with van der Waals surface area (Å²) in [7, 11) is 0. The number of piperidine rings is 1. The molecule has 0 radical (unpaired) electrons. The summed E-state index contributed by atoms with van der Waals surface area (Å²) in [4.78, 5) is 40.7. The molecule has 5 rings (SSSR count). The van der Waals surface area contributed by atoms with E-state index >= 15 is 0 Å². The van der Waals surface area contributed by atoms with E-state index < -0.39 is 11.9 Å². The molecule has 190 valence electrons. The van der Waals surface area contributed by atoms with Crippen molar-refractivity contribution >= 4 is 23.4 Å². The van der Waals surface area contributed by atoms with Crippen LogP contribution in [0.4, 0.5) is 5.69 Å². The van der Waals surface area contributed by atoms with Gasteiger partial charge in [0, 0.05) is 43.3 Å². The lowest BCUT2D eigenvalue weighted by Gasteiger charge is -2.30. The molecule has 0 spiro atoms. The Bertz CT molecular complexity index is 1180. The molecule has 0 saturated carbocycles. The standard InChI is InChI=1S/C28H34N4O4/c1-3-21(31(4-2)15-19-7-5-6-18-12-13-29-26(18)19)17-36-22-8-9-23-20(14-22)16-32(28(23)35)24-10-11-25(33)30-27(24)34/h5-9,14,21,24,29H,3-4,10-13,15-17H2,1-2H3,(H,30,33,34). The number of benzene rings is 2. The Balaban J connectivity index is 1.24. The average molecular weight is 491 g/mol. The summed E-state index contributed by atoms with van der Waals surface area (Å²) in [5, 5.41) is 5.89. The maximum absolute atomic E-state index is 12.9.